The van der Waals surface area contributed by atoms with Crippen LogP contribution in [0.2, 0.25) is 0 Å². The van der Waals surface area contributed by atoms with Crippen LogP contribution in [0.3, 0.4) is 0 Å². The summed E-state index contributed by atoms with van der Waals surface area (Å²) in [6.45, 7) is 13.8. The van der Waals surface area contributed by atoms with Gasteiger partial charge in [-0.3, -0.25) is 9.38 Å². The number of imidazole rings is 1. The van der Waals surface area contributed by atoms with Crippen LogP contribution < -0.4 is 0 Å². The number of rotatable bonds is 0. The van der Waals surface area contributed by atoms with E-state index in [4.69, 9.17) is 9.97 Å². The summed E-state index contributed by atoms with van der Waals surface area (Å²) in [6.07, 6.45) is 3.03. The molecule has 3 aromatic heterocycles. The molecule has 0 spiro atoms. The summed E-state index contributed by atoms with van der Waals surface area (Å²) in [4.78, 5) is 9.88. The standard InChI is InChI=1S/C23H25N3/c1-13-10-16-17(11-14(13)2)26-20-18(22(3,4)12-23(20,5)6)19-15(21(26)25-16)8-7-9-24-19/h7-11H,12H2,1-6H3. The van der Waals surface area contributed by atoms with Crippen LogP contribution in [0.1, 0.15) is 56.5 Å². The van der Waals surface area contributed by atoms with Crippen LogP contribution in [-0.4, -0.2) is 14.4 Å². The second-order valence-electron chi connectivity index (χ2n) is 9.26. The Morgan fingerprint density at radius 1 is 1.00 bits per heavy atom. The first-order valence-corrected chi connectivity index (χ1v) is 9.42. The molecule has 3 heterocycles. The Hall–Kier alpha value is -2.42. The molecule has 3 nitrogen and oxygen atoms in total. The molecule has 0 radical (unpaired) electrons. The van der Waals surface area contributed by atoms with Gasteiger partial charge < -0.3 is 0 Å². The Morgan fingerprint density at radius 2 is 1.73 bits per heavy atom. The number of pyridine rings is 2. The van der Waals surface area contributed by atoms with Crippen molar-refractivity contribution in [2.24, 2.45) is 0 Å². The average Bonchev–Trinajstić information content (AvgIpc) is 2.99. The summed E-state index contributed by atoms with van der Waals surface area (Å²) in [6, 6.07) is 8.72. The first-order valence-electron chi connectivity index (χ1n) is 9.42. The topological polar surface area (TPSA) is 30.2 Å². The fourth-order valence-corrected chi connectivity index (χ4v) is 5.31. The van der Waals surface area contributed by atoms with Gasteiger partial charge in [-0.15, -0.1) is 0 Å². The Balaban J connectivity index is 2.14. The number of hydrogen-bond acceptors (Lipinski definition) is 2. The van der Waals surface area contributed by atoms with Crippen LogP contribution in [0.15, 0.2) is 30.5 Å². The van der Waals surface area contributed by atoms with Crippen molar-refractivity contribution in [3.8, 4) is 0 Å². The number of fused-ring (bicyclic) bond motifs is 8. The maximum absolute atomic E-state index is 5.06. The Kier molecular flexibility index (Phi) is 2.82. The molecule has 0 amide bonds. The third-order valence-corrected chi connectivity index (χ3v) is 6.22. The van der Waals surface area contributed by atoms with Crippen LogP contribution >= 0.6 is 0 Å². The van der Waals surface area contributed by atoms with Crippen molar-refractivity contribution in [2.45, 2.75) is 58.8 Å². The molecular formula is C23H25N3. The smallest absolute Gasteiger partial charge is 0.147 e. The Labute approximate surface area is 154 Å². The molecule has 0 aliphatic heterocycles. The SMILES string of the molecule is Cc1cc2nc3c4cccnc4c4c(n3c2cc1C)C(C)(C)CC4(C)C. The van der Waals surface area contributed by atoms with Gasteiger partial charge in [-0.1, -0.05) is 27.7 Å². The van der Waals surface area contributed by atoms with E-state index in [1.165, 1.54) is 27.9 Å². The normalized spacial score (nSPS) is 18.1. The van der Waals surface area contributed by atoms with Gasteiger partial charge in [0, 0.05) is 28.3 Å². The lowest BCUT2D eigenvalue weighted by molar-refractivity contribution is 0.399. The summed E-state index contributed by atoms with van der Waals surface area (Å²) in [7, 11) is 0. The molecule has 4 aromatic rings. The molecule has 0 unspecified atom stereocenters. The molecule has 0 atom stereocenters. The van der Waals surface area contributed by atoms with Crippen LogP contribution in [0, 0.1) is 13.8 Å². The fraction of sp³-hybridized carbons (Fsp3) is 0.391. The number of aryl methyl sites for hydroxylation is 2. The third-order valence-electron chi connectivity index (χ3n) is 6.22. The molecule has 0 fully saturated rings. The molecular weight excluding hydrogens is 318 g/mol. The molecule has 0 saturated heterocycles. The minimum absolute atomic E-state index is 0.0786. The highest BCUT2D eigenvalue weighted by Gasteiger charge is 2.46. The lowest BCUT2D eigenvalue weighted by Crippen LogP contribution is -2.19. The minimum Gasteiger partial charge on any atom is -0.295 e. The second-order valence-corrected chi connectivity index (χ2v) is 9.26. The van der Waals surface area contributed by atoms with E-state index in [2.05, 4.69) is 64.1 Å². The highest BCUT2D eigenvalue weighted by Crippen LogP contribution is 2.52. The molecule has 1 aromatic carbocycles. The van der Waals surface area contributed by atoms with E-state index in [1.54, 1.807) is 0 Å². The Bertz CT molecular complexity index is 1230. The van der Waals surface area contributed by atoms with E-state index < -0.39 is 0 Å². The molecule has 0 bridgehead atoms. The van der Waals surface area contributed by atoms with Crippen molar-refractivity contribution >= 4 is 27.6 Å². The van der Waals surface area contributed by atoms with Crippen LogP contribution in [0.5, 0.6) is 0 Å². The average molecular weight is 343 g/mol. The van der Waals surface area contributed by atoms with Crippen molar-refractivity contribution in [2.75, 3.05) is 0 Å². The van der Waals surface area contributed by atoms with Gasteiger partial charge in [0.05, 0.1) is 16.6 Å². The zero-order valence-electron chi connectivity index (χ0n) is 16.4. The molecule has 1 aliphatic rings. The van der Waals surface area contributed by atoms with Crippen LogP contribution in [-0.2, 0) is 10.8 Å². The minimum atomic E-state index is 0.0786. The van der Waals surface area contributed by atoms with Gasteiger partial charge in [-0.25, -0.2) is 4.98 Å². The van der Waals surface area contributed by atoms with E-state index in [-0.39, 0.29) is 10.8 Å². The highest BCUT2D eigenvalue weighted by molar-refractivity contribution is 6.00. The number of aromatic nitrogens is 3. The largest absolute Gasteiger partial charge is 0.295 e. The maximum atomic E-state index is 5.06. The van der Waals surface area contributed by atoms with Gasteiger partial charge in [0.1, 0.15) is 5.65 Å². The van der Waals surface area contributed by atoms with Crippen molar-refractivity contribution in [3.05, 3.63) is 52.8 Å². The second kappa shape index (κ2) is 4.64. The molecule has 5 rings (SSSR count). The van der Waals surface area contributed by atoms with E-state index in [1.807, 2.05) is 12.3 Å². The van der Waals surface area contributed by atoms with Gasteiger partial charge in [0.25, 0.3) is 0 Å². The van der Waals surface area contributed by atoms with Gasteiger partial charge in [-0.05, 0) is 61.1 Å². The summed E-state index contributed by atoms with van der Waals surface area (Å²) in [5.74, 6) is 0. The van der Waals surface area contributed by atoms with Gasteiger partial charge in [-0.2, -0.15) is 0 Å². The summed E-state index contributed by atoms with van der Waals surface area (Å²) >= 11 is 0. The summed E-state index contributed by atoms with van der Waals surface area (Å²) < 4.78 is 2.43. The van der Waals surface area contributed by atoms with Crippen LogP contribution in [0.4, 0.5) is 0 Å². The van der Waals surface area contributed by atoms with Crippen LogP contribution in [0.25, 0.3) is 27.6 Å². The maximum Gasteiger partial charge on any atom is 0.147 e. The van der Waals surface area contributed by atoms with E-state index in [0.717, 1.165) is 28.5 Å². The van der Waals surface area contributed by atoms with E-state index >= 15 is 0 Å². The van der Waals surface area contributed by atoms with Crippen molar-refractivity contribution in [1.82, 2.24) is 14.4 Å². The lowest BCUT2D eigenvalue weighted by atomic mass is 9.82. The first-order chi connectivity index (χ1) is 12.2. The first kappa shape index (κ1) is 15.8. The zero-order chi connectivity index (χ0) is 18.4. The predicted octanol–water partition coefficient (Wildman–Crippen LogP) is 5.61. The van der Waals surface area contributed by atoms with Gasteiger partial charge in [0.2, 0.25) is 0 Å². The fourth-order valence-electron chi connectivity index (χ4n) is 5.31. The monoisotopic (exact) mass is 343 g/mol. The van der Waals surface area contributed by atoms with Crippen molar-refractivity contribution in [3.63, 3.8) is 0 Å². The van der Waals surface area contributed by atoms with Crippen molar-refractivity contribution in [1.29, 1.82) is 0 Å². The third kappa shape index (κ3) is 1.83. The lowest BCUT2D eigenvalue weighted by Gasteiger charge is -2.22. The molecule has 3 heteroatoms. The molecule has 1 aliphatic carbocycles. The van der Waals surface area contributed by atoms with Gasteiger partial charge in [0.15, 0.2) is 0 Å². The molecule has 0 saturated carbocycles. The highest BCUT2D eigenvalue weighted by atomic mass is 15.0. The number of benzene rings is 1. The Morgan fingerprint density at radius 3 is 2.50 bits per heavy atom. The molecule has 26 heavy (non-hydrogen) atoms. The summed E-state index contributed by atoms with van der Waals surface area (Å²) in [5, 5.41) is 1.16. The number of hydrogen-bond donors (Lipinski definition) is 0. The quantitative estimate of drug-likeness (QED) is 0.415. The number of nitrogens with zero attached hydrogens (tertiary/aromatic N) is 3. The predicted molar refractivity (Wildman–Crippen MR) is 108 cm³/mol. The van der Waals surface area contributed by atoms with E-state index in [9.17, 15) is 0 Å². The zero-order valence-corrected chi connectivity index (χ0v) is 16.4. The summed E-state index contributed by atoms with van der Waals surface area (Å²) in [5.41, 5.74) is 10.0. The van der Waals surface area contributed by atoms with E-state index in [0.29, 0.717) is 0 Å². The van der Waals surface area contributed by atoms with Crippen molar-refractivity contribution < 1.29 is 0 Å². The van der Waals surface area contributed by atoms with Gasteiger partial charge >= 0.3 is 0 Å². The molecule has 0 N–H and O–H groups in total. The molecule has 132 valence electrons.